The molecule has 0 fully saturated rings. The van der Waals surface area contributed by atoms with Crippen molar-refractivity contribution in [1.82, 2.24) is 14.5 Å². The number of pyridine rings is 2. The van der Waals surface area contributed by atoms with Crippen LogP contribution in [0.5, 0.6) is 5.75 Å². The molecule has 0 saturated carbocycles. The van der Waals surface area contributed by atoms with Crippen molar-refractivity contribution in [3.63, 3.8) is 0 Å². The van der Waals surface area contributed by atoms with Gasteiger partial charge < -0.3 is 9.30 Å². The van der Waals surface area contributed by atoms with E-state index in [0.717, 1.165) is 11.3 Å². The maximum Gasteiger partial charge on any atom is 0.295 e. The van der Waals surface area contributed by atoms with Crippen molar-refractivity contribution in [2.24, 2.45) is 0 Å². The summed E-state index contributed by atoms with van der Waals surface area (Å²) in [6.07, 6.45) is 6.34. The van der Waals surface area contributed by atoms with E-state index < -0.39 is 5.91 Å². The Hall–Kier alpha value is -3.42. The number of fused-ring (bicyclic) bond motifs is 1. The van der Waals surface area contributed by atoms with Gasteiger partial charge in [0.25, 0.3) is 5.91 Å². The van der Waals surface area contributed by atoms with Gasteiger partial charge in [0.1, 0.15) is 11.4 Å². The van der Waals surface area contributed by atoms with Gasteiger partial charge in [0.2, 0.25) is 6.29 Å². The van der Waals surface area contributed by atoms with Gasteiger partial charge in [-0.15, -0.1) is 0 Å². The lowest BCUT2D eigenvalue weighted by Gasteiger charge is -2.21. The highest BCUT2D eigenvalue weighted by Gasteiger charge is 2.26. The Morgan fingerprint density at radius 2 is 1.97 bits per heavy atom. The molecule has 0 aliphatic rings. The van der Waals surface area contributed by atoms with Crippen molar-refractivity contribution >= 4 is 57.8 Å². The monoisotopic (exact) mass is 454 g/mol. The summed E-state index contributed by atoms with van der Waals surface area (Å²) >= 11 is 12.6. The van der Waals surface area contributed by atoms with E-state index in [4.69, 9.17) is 27.9 Å². The molecule has 3 aromatic heterocycles. The van der Waals surface area contributed by atoms with Gasteiger partial charge in [-0.2, -0.15) is 0 Å². The number of methoxy groups -OCH3 is 1. The quantitative estimate of drug-likeness (QED) is 0.312. The molecule has 4 rings (SSSR count). The van der Waals surface area contributed by atoms with Gasteiger partial charge in [-0.05, 0) is 29.8 Å². The SMILES string of the molecule is COc1cccc(Cn2cc(N(C(=O)C=O)c3c(Cl)cncc3Cl)c3cccnc32)c1. The third kappa shape index (κ3) is 3.97. The summed E-state index contributed by atoms with van der Waals surface area (Å²) in [6, 6.07) is 11.2. The second-order valence-electron chi connectivity index (χ2n) is 6.61. The predicted molar refractivity (Wildman–Crippen MR) is 119 cm³/mol. The molecular weight excluding hydrogens is 439 g/mol. The minimum absolute atomic E-state index is 0.139. The number of ether oxygens (including phenoxy) is 1. The number of benzene rings is 1. The minimum atomic E-state index is -0.820. The molecule has 0 aliphatic heterocycles. The van der Waals surface area contributed by atoms with Crippen molar-refractivity contribution in [3.05, 3.63) is 76.8 Å². The number of hydrogen-bond donors (Lipinski definition) is 0. The lowest BCUT2D eigenvalue weighted by molar-refractivity contribution is -0.129. The Kier molecular flexibility index (Phi) is 5.88. The van der Waals surface area contributed by atoms with E-state index >= 15 is 0 Å². The molecule has 0 saturated heterocycles. The van der Waals surface area contributed by atoms with Crippen LogP contribution in [-0.4, -0.2) is 33.8 Å². The summed E-state index contributed by atoms with van der Waals surface area (Å²) in [6.45, 7) is 0.464. The van der Waals surface area contributed by atoms with Crippen LogP contribution in [0.2, 0.25) is 10.0 Å². The molecule has 7 nitrogen and oxygen atoms in total. The fourth-order valence-electron chi connectivity index (χ4n) is 3.39. The first-order valence-corrected chi connectivity index (χ1v) is 9.94. The van der Waals surface area contributed by atoms with Crippen LogP contribution in [0.15, 0.2) is 61.2 Å². The van der Waals surface area contributed by atoms with Crippen LogP contribution in [0.1, 0.15) is 5.56 Å². The van der Waals surface area contributed by atoms with Gasteiger partial charge >= 0.3 is 0 Å². The Balaban J connectivity index is 1.90. The third-order valence-electron chi connectivity index (χ3n) is 4.71. The van der Waals surface area contributed by atoms with Gasteiger partial charge in [0, 0.05) is 36.7 Å². The third-order valence-corrected chi connectivity index (χ3v) is 5.27. The number of halogens is 2. The molecule has 0 spiro atoms. The lowest BCUT2D eigenvalue weighted by Crippen LogP contribution is -2.27. The Bertz CT molecular complexity index is 1270. The standard InChI is InChI=1S/C22H16Cl2N4O3/c1-31-15-5-2-4-14(8-15)11-27-12-19(16-6-3-7-26-22(16)27)28(20(30)13-29)21-17(23)9-25-10-18(21)24/h2-10,12-13H,11H2,1H3. The zero-order valence-corrected chi connectivity index (χ0v) is 17.8. The normalized spacial score (nSPS) is 10.8. The van der Waals surface area contributed by atoms with E-state index in [1.54, 1.807) is 25.6 Å². The Morgan fingerprint density at radius 1 is 1.19 bits per heavy atom. The zero-order chi connectivity index (χ0) is 22.0. The van der Waals surface area contributed by atoms with Crippen LogP contribution in [-0.2, 0) is 16.1 Å². The minimum Gasteiger partial charge on any atom is -0.497 e. The van der Waals surface area contributed by atoms with Crippen LogP contribution in [0.3, 0.4) is 0 Å². The van der Waals surface area contributed by atoms with Gasteiger partial charge in [-0.25, -0.2) is 4.98 Å². The van der Waals surface area contributed by atoms with Crippen LogP contribution in [0, 0.1) is 0 Å². The van der Waals surface area contributed by atoms with Crippen molar-refractivity contribution in [2.75, 3.05) is 12.0 Å². The maximum atomic E-state index is 12.7. The Labute approximate surface area is 187 Å². The molecular formula is C22H16Cl2N4O3. The van der Waals surface area contributed by atoms with Crippen molar-refractivity contribution in [3.8, 4) is 5.75 Å². The maximum absolute atomic E-state index is 12.7. The molecule has 9 heteroatoms. The van der Waals surface area contributed by atoms with E-state index in [0.29, 0.717) is 23.3 Å². The van der Waals surface area contributed by atoms with Crippen molar-refractivity contribution < 1.29 is 14.3 Å². The number of nitrogens with zero attached hydrogens (tertiary/aromatic N) is 4. The van der Waals surface area contributed by atoms with Crippen LogP contribution in [0.25, 0.3) is 11.0 Å². The summed E-state index contributed by atoms with van der Waals surface area (Å²) in [5.74, 6) is -0.0884. The molecule has 0 atom stereocenters. The fourth-order valence-corrected chi connectivity index (χ4v) is 3.92. The van der Waals surface area contributed by atoms with Gasteiger partial charge in [0.15, 0.2) is 0 Å². The smallest absolute Gasteiger partial charge is 0.295 e. The van der Waals surface area contributed by atoms with Crippen molar-refractivity contribution in [1.29, 1.82) is 0 Å². The molecule has 0 N–H and O–H groups in total. The first kappa shape index (κ1) is 20.8. The average Bonchev–Trinajstić information content (AvgIpc) is 3.14. The molecule has 0 radical (unpaired) electrons. The first-order valence-electron chi connectivity index (χ1n) is 9.18. The number of carbonyl (C=O) groups excluding carboxylic acids is 2. The lowest BCUT2D eigenvalue weighted by atomic mass is 10.2. The van der Waals surface area contributed by atoms with Crippen LogP contribution >= 0.6 is 23.2 Å². The second kappa shape index (κ2) is 8.75. The van der Waals surface area contributed by atoms with Gasteiger partial charge in [0.05, 0.1) is 28.5 Å². The summed E-state index contributed by atoms with van der Waals surface area (Å²) < 4.78 is 7.18. The summed E-state index contributed by atoms with van der Waals surface area (Å²) in [4.78, 5) is 33.8. The molecule has 1 amide bonds. The Morgan fingerprint density at radius 3 is 2.68 bits per heavy atom. The largest absolute Gasteiger partial charge is 0.497 e. The summed E-state index contributed by atoms with van der Waals surface area (Å²) in [5.41, 5.74) is 2.21. The van der Waals surface area contributed by atoms with E-state index in [1.807, 2.05) is 34.9 Å². The first-order chi connectivity index (χ1) is 15.0. The molecule has 1 aromatic carbocycles. The van der Waals surface area contributed by atoms with E-state index in [-0.39, 0.29) is 22.0 Å². The van der Waals surface area contributed by atoms with Gasteiger partial charge in [-0.3, -0.25) is 19.5 Å². The zero-order valence-electron chi connectivity index (χ0n) is 16.3. The van der Waals surface area contributed by atoms with E-state index in [2.05, 4.69) is 9.97 Å². The number of aromatic nitrogens is 3. The van der Waals surface area contributed by atoms with Crippen LogP contribution < -0.4 is 9.64 Å². The molecule has 156 valence electrons. The second-order valence-corrected chi connectivity index (χ2v) is 7.43. The highest BCUT2D eigenvalue weighted by molar-refractivity contribution is 6.43. The highest BCUT2D eigenvalue weighted by atomic mass is 35.5. The molecule has 0 unspecified atom stereocenters. The van der Waals surface area contributed by atoms with E-state index in [1.165, 1.54) is 17.3 Å². The number of carbonyl (C=O) groups is 2. The van der Waals surface area contributed by atoms with Crippen molar-refractivity contribution in [2.45, 2.75) is 6.54 Å². The molecule has 0 bridgehead atoms. The number of amides is 1. The summed E-state index contributed by atoms with van der Waals surface area (Å²) in [7, 11) is 1.61. The molecule has 31 heavy (non-hydrogen) atoms. The fraction of sp³-hybridized carbons (Fsp3) is 0.0909. The molecule has 4 aromatic rings. The number of anilines is 2. The highest BCUT2D eigenvalue weighted by Crippen LogP contribution is 2.40. The summed E-state index contributed by atoms with van der Waals surface area (Å²) in [5, 5.41) is 0.935. The van der Waals surface area contributed by atoms with E-state index in [9.17, 15) is 9.59 Å². The number of hydrogen-bond acceptors (Lipinski definition) is 5. The average molecular weight is 455 g/mol. The number of aldehydes is 1. The predicted octanol–water partition coefficient (Wildman–Crippen LogP) is 4.66. The molecule has 0 aliphatic carbocycles. The molecule has 3 heterocycles. The van der Waals surface area contributed by atoms with Crippen LogP contribution in [0.4, 0.5) is 11.4 Å². The topological polar surface area (TPSA) is 77.3 Å². The number of rotatable bonds is 6. The van der Waals surface area contributed by atoms with Gasteiger partial charge in [-0.1, -0.05) is 35.3 Å².